The van der Waals surface area contributed by atoms with Crippen LogP contribution in [-0.4, -0.2) is 36.0 Å². The van der Waals surface area contributed by atoms with Crippen LogP contribution < -0.4 is 15.0 Å². The second-order valence-electron chi connectivity index (χ2n) is 8.25. The van der Waals surface area contributed by atoms with Crippen molar-refractivity contribution in [3.05, 3.63) is 78.0 Å². The lowest BCUT2D eigenvalue weighted by molar-refractivity contribution is -0.114. The fraction of sp³-hybridized carbons (Fsp3) is 0.259. The van der Waals surface area contributed by atoms with Crippen molar-refractivity contribution in [2.24, 2.45) is 0 Å². The minimum atomic E-state index is -0.496. The first-order valence-corrected chi connectivity index (χ1v) is 11.4. The molecule has 2 aromatic carbocycles. The number of hydrogen-bond acceptors (Lipinski definition) is 6. The Kier molecular flexibility index (Phi) is 7.36. The van der Waals surface area contributed by atoms with E-state index < -0.39 is 5.82 Å². The molecule has 7 nitrogen and oxygen atoms in total. The Morgan fingerprint density at radius 2 is 2.06 bits per heavy atom. The quantitative estimate of drug-likeness (QED) is 0.327. The Labute approximate surface area is 204 Å². The molecule has 4 rings (SSSR count). The van der Waals surface area contributed by atoms with Gasteiger partial charge in [0.25, 0.3) is 0 Å². The third-order valence-corrected chi connectivity index (χ3v) is 5.93. The predicted molar refractivity (Wildman–Crippen MR) is 135 cm³/mol. The molecule has 0 bridgehead atoms. The number of nitrogens with one attached hydrogen (secondary N) is 1. The van der Waals surface area contributed by atoms with Crippen molar-refractivity contribution in [2.75, 3.05) is 30.4 Å². The third kappa shape index (κ3) is 5.46. The fourth-order valence-electron chi connectivity index (χ4n) is 4.13. The highest BCUT2D eigenvalue weighted by atomic mass is 19.1. The number of carbonyl (C=O) groups excluding carboxylic acids is 1. The summed E-state index contributed by atoms with van der Waals surface area (Å²) in [6.07, 6.45) is 6.00. The molecule has 8 heteroatoms. The molecule has 1 aliphatic rings. The van der Waals surface area contributed by atoms with Crippen LogP contribution in [0.4, 0.5) is 27.4 Å². The number of methoxy groups -OCH3 is 1. The van der Waals surface area contributed by atoms with Gasteiger partial charge in [-0.15, -0.1) is 0 Å². The Balaban J connectivity index is 1.66. The van der Waals surface area contributed by atoms with Crippen molar-refractivity contribution in [1.29, 1.82) is 0 Å². The minimum Gasteiger partial charge on any atom is -0.495 e. The molecule has 35 heavy (non-hydrogen) atoms. The van der Waals surface area contributed by atoms with Crippen LogP contribution in [0.5, 0.6) is 5.75 Å². The molecular weight excluding hydrogens is 445 g/mol. The predicted octanol–water partition coefficient (Wildman–Crippen LogP) is 5.87. The summed E-state index contributed by atoms with van der Waals surface area (Å²) in [4.78, 5) is 26.4. The summed E-state index contributed by atoms with van der Waals surface area (Å²) in [5, 5.41) is 3.21. The number of carbonyl (C=O) groups is 1. The molecule has 0 unspecified atom stereocenters. The van der Waals surface area contributed by atoms with E-state index in [-0.39, 0.29) is 23.5 Å². The average molecular weight is 472 g/mol. The smallest absolute Gasteiger partial charge is 0.230 e. The summed E-state index contributed by atoms with van der Waals surface area (Å²) in [5.41, 5.74) is 3.12. The summed E-state index contributed by atoms with van der Waals surface area (Å²) < 4.78 is 19.9. The number of benzene rings is 2. The van der Waals surface area contributed by atoms with E-state index in [4.69, 9.17) is 11.3 Å². The number of rotatable bonds is 8. The maximum absolute atomic E-state index is 14.3. The van der Waals surface area contributed by atoms with Crippen LogP contribution in [0.25, 0.3) is 16.1 Å². The van der Waals surface area contributed by atoms with Crippen LogP contribution in [0.3, 0.4) is 0 Å². The number of piperidine rings is 1. The number of hydrogen-bond donors (Lipinski definition) is 1. The maximum Gasteiger partial charge on any atom is 0.230 e. The van der Waals surface area contributed by atoms with Crippen molar-refractivity contribution < 1.29 is 13.9 Å². The van der Waals surface area contributed by atoms with Gasteiger partial charge in [0.1, 0.15) is 11.6 Å². The number of aromatic nitrogens is 2. The van der Waals surface area contributed by atoms with Gasteiger partial charge in [-0.3, -0.25) is 4.79 Å². The number of anilines is 3. The van der Waals surface area contributed by atoms with Gasteiger partial charge in [0.2, 0.25) is 11.6 Å². The van der Waals surface area contributed by atoms with Gasteiger partial charge in [-0.05, 0) is 66.8 Å². The summed E-state index contributed by atoms with van der Waals surface area (Å²) in [7, 11) is 1.66. The van der Waals surface area contributed by atoms with Crippen LogP contribution in [0.2, 0.25) is 0 Å². The van der Waals surface area contributed by atoms with E-state index in [1.54, 1.807) is 19.2 Å². The van der Waals surface area contributed by atoms with Gasteiger partial charge < -0.3 is 15.0 Å². The summed E-state index contributed by atoms with van der Waals surface area (Å²) >= 11 is 0. The van der Waals surface area contributed by atoms with Crippen molar-refractivity contribution in [3.63, 3.8) is 0 Å². The van der Waals surface area contributed by atoms with Crippen molar-refractivity contribution in [3.8, 4) is 17.0 Å². The Morgan fingerprint density at radius 3 is 2.77 bits per heavy atom. The molecule has 1 N–H and O–H groups in total. The molecular formula is C27H26FN5O2. The molecule has 0 radical (unpaired) electrons. The molecule has 3 aromatic rings. The molecule has 178 valence electrons. The number of ketones is 1. The van der Waals surface area contributed by atoms with Gasteiger partial charge in [0, 0.05) is 31.4 Å². The zero-order valence-electron chi connectivity index (χ0n) is 19.6. The molecule has 2 heterocycles. The Morgan fingerprint density at radius 1 is 1.26 bits per heavy atom. The van der Waals surface area contributed by atoms with Gasteiger partial charge in [-0.2, -0.15) is 0 Å². The number of nitrogens with zero attached hydrogens (tertiary/aromatic N) is 4. The van der Waals surface area contributed by atoms with Crippen molar-refractivity contribution in [2.45, 2.75) is 25.7 Å². The van der Waals surface area contributed by atoms with Crippen LogP contribution >= 0.6 is 0 Å². The lowest BCUT2D eigenvalue weighted by atomic mass is 10.0. The van der Waals surface area contributed by atoms with Crippen LogP contribution in [0, 0.1) is 12.4 Å². The molecule has 0 amide bonds. The fourth-order valence-corrected chi connectivity index (χ4v) is 4.13. The van der Waals surface area contributed by atoms with Gasteiger partial charge in [-0.1, -0.05) is 12.6 Å². The van der Waals surface area contributed by atoms with E-state index in [9.17, 15) is 9.18 Å². The average Bonchev–Trinajstić information content (AvgIpc) is 2.90. The Hall–Kier alpha value is -4.25. The highest BCUT2D eigenvalue weighted by Crippen LogP contribution is 2.35. The lowest BCUT2D eigenvalue weighted by Gasteiger charge is -2.30. The zero-order valence-corrected chi connectivity index (χ0v) is 19.6. The maximum atomic E-state index is 14.3. The normalized spacial score (nSPS) is 13.1. The first-order valence-electron chi connectivity index (χ1n) is 11.4. The van der Waals surface area contributed by atoms with Crippen molar-refractivity contribution >= 4 is 28.8 Å². The van der Waals surface area contributed by atoms with E-state index >= 15 is 0 Å². The first-order chi connectivity index (χ1) is 17.0. The van der Waals surface area contributed by atoms with Crippen LogP contribution in [-0.2, 0) is 11.2 Å². The number of allylic oxidation sites excluding steroid dienone is 1. The molecule has 0 atom stereocenters. The van der Waals surface area contributed by atoms with Gasteiger partial charge >= 0.3 is 0 Å². The SMILES string of the molecule is [C-]#[N+]c1cnc(Nc2ccc(OC)c(N3CCCCC3)c2)nc1-c1ccc(F)c(CC(=O)C=C)c1. The monoisotopic (exact) mass is 471 g/mol. The highest BCUT2D eigenvalue weighted by molar-refractivity contribution is 5.91. The molecule has 1 saturated heterocycles. The second-order valence-corrected chi connectivity index (χ2v) is 8.25. The number of halogens is 1. The Bertz CT molecular complexity index is 1300. The number of ether oxygens (including phenoxy) is 1. The summed E-state index contributed by atoms with van der Waals surface area (Å²) in [6, 6.07) is 10.2. The topological polar surface area (TPSA) is 71.7 Å². The summed E-state index contributed by atoms with van der Waals surface area (Å²) in [6.45, 7) is 12.9. The third-order valence-electron chi connectivity index (χ3n) is 5.93. The molecule has 1 aliphatic heterocycles. The minimum absolute atomic E-state index is 0.113. The van der Waals surface area contributed by atoms with Gasteiger partial charge in [0.15, 0.2) is 5.78 Å². The lowest BCUT2D eigenvalue weighted by Crippen LogP contribution is -2.29. The van der Waals surface area contributed by atoms with E-state index in [0.717, 1.165) is 49.1 Å². The highest BCUT2D eigenvalue weighted by Gasteiger charge is 2.17. The molecule has 1 aromatic heterocycles. The van der Waals surface area contributed by atoms with Crippen LogP contribution in [0.1, 0.15) is 24.8 Å². The largest absolute Gasteiger partial charge is 0.495 e. The first kappa shape index (κ1) is 23.9. The zero-order chi connectivity index (χ0) is 24.8. The van der Waals surface area contributed by atoms with Gasteiger partial charge in [0.05, 0.1) is 25.1 Å². The van der Waals surface area contributed by atoms with E-state index in [1.165, 1.54) is 18.7 Å². The van der Waals surface area contributed by atoms with Crippen LogP contribution in [0.15, 0.2) is 55.3 Å². The van der Waals surface area contributed by atoms with E-state index in [1.807, 2.05) is 18.2 Å². The van der Waals surface area contributed by atoms with E-state index in [2.05, 4.69) is 31.6 Å². The van der Waals surface area contributed by atoms with Crippen molar-refractivity contribution in [1.82, 2.24) is 9.97 Å². The standard InChI is InChI=1S/C27H26FN5O2/c1-4-21(34)15-19-14-18(8-10-22(19)28)26-23(29-2)17-30-27(32-26)31-20-9-11-25(35-3)24(16-20)33-12-6-5-7-13-33/h4,8-11,14,16-17H,1,5-7,12-13,15H2,3H3,(H,30,31,32). The molecule has 0 spiro atoms. The van der Waals surface area contributed by atoms with Gasteiger partial charge in [-0.25, -0.2) is 19.2 Å². The second kappa shape index (κ2) is 10.8. The molecule has 0 saturated carbocycles. The molecule has 1 fully saturated rings. The summed E-state index contributed by atoms with van der Waals surface area (Å²) in [5.74, 6) is 0.315. The van der Waals surface area contributed by atoms with E-state index in [0.29, 0.717) is 17.2 Å². The molecule has 0 aliphatic carbocycles.